The van der Waals surface area contributed by atoms with Gasteiger partial charge in [-0.15, -0.1) is 0 Å². The fraction of sp³-hybridized carbons (Fsp3) is 0.286. The Kier molecular flexibility index (Phi) is 7.20. The van der Waals surface area contributed by atoms with Gasteiger partial charge < -0.3 is 29.2 Å². The summed E-state index contributed by atoms with van der Waals surface area (Å²) in [5, 5.41) is 21.6. The van der Waals surface area contributed by atoms with E-state index in [-0.39, 0.29) is 17.7 Å². The van der Waals surface area contributed by atoms with Gasteiger partial charge in [0.2, 0.25) is 6.29 Å². The Hall–Kier alpha value is -3.76. The van der Waals surface area contributed by atoms with E-state index in [4.69, 9.17) is 18.9 Å². The first-order valence-corrected chi connectivity index (χ1v) is 11.9. The zero-order chi connectivity index (χ0) is 25.9. The molecule has 5 rings (SSSR count). The predicted octanol–water partition coefficient (Wildman–Crippen LogP) is 2.40. The summed E-state index contributed by atoms with van der Waals surface area (Å²) in [6.45, 7) is -0.352. The maximum absolute atomic E-state index is 13.3. The molecule has 3 aromatic rings. The molecule has 2 amide bonds. The molecule has 0 radical (unpaired) electrons. The van der Waals surface area contributed by atoms with Crippen LogP contribution < -0.4 is 9.47 Å². The fourth-order valence-corrected chi connectivity index (χ4v) is 4.66. The minimum atomic E-state index is -1.42. The minimum Gasteiger partial charge on any atom is -0.497 e. The molecule has 5 atom stereocenters. The van der Waals surface area contributed by atoms with Crippen molar-refractivity contribution in [1.82, 2.24) is 4.90 Å². The molecular weight excluding hydrogens is 478 g/mol. The number of aliphatic hydroxyl groups is 2. The van der Waals surface area contributed by atoms with E-state index in [0.29, 0.717) is 11.5 Å². The van der Waals surface area contributed by atoms with Crippen LogP contribution in [-0.2, 0) is 16.1 Å². The number of fused-ring (bicyclic) bond motifs is 1. The van der Waals surface area contributed by atoms with Gasteiger partial charge >= 0.3 is 0 Å². The van der Waals surface area contributed by atoms with Crippen molar-refractivity contribution in [2.75, 3.05) is 13.7 Å². The summed E-state index contributed by atoms with van der Waals surface area (Å²) >= 11 is 0. The van der Waals surface area contributed by atoms with Gasteiger partial charge in [-0.2, -0.15) is 0 Å². The van der Waals surface area contributed by atoms with Crippen molar-refractivity contribution in [3.05, 3.63) is 95.6 Å². The van der Waals surface area contributed by atoms with Crippen LogP contribution in [-0.4, -0.2) is 71.3 Å². The summed E-state index contributed by atoms with van der Waals surface area (Å²) in [4.78, 5) is 27.7. The van der Waals surface area contributed by atoms with Crippen LogP contribution in [0.15, 0.2) is 78.9 Å². The third-order valence-corrected chi connectivity index (χ3v) is 6.54. The van der Waals surface area contributed by atoms with Crippen LogP contribution in [0.2, 0.25) is 0 Å². The second-order valence-electron chi connectivity index (χ2n) is 8.79. The third kappa shape index (κ3) is 4.82. The number of carbonyl (C=O) groups excluding carboxylic acids is 2. The van der Waals surface area contributed by atoms with E-state index < -0.39 is 49.1 Å². The van der Waals surface area contributed by atoms with Crippen molar-refractivity contribution in [2.45, 2.75) is 37.3 Å². The Morgan fingerprint density at radius 3 is 2.05 bits per heavy atom. The second kappa shape index (κ2) is 10.7. The fourth-order valence-electron chi connectivity index (χ4n) is 4.66. The van der Waals surface area contributed by atoms with Gasteiger partial charge in [-0.3, -0.25) is 14.5 Å². The Bertz CT molecular complexity index is 1210. The standard InChI is InChI=1S/C28H27NO8/c1-34-18-11-13-19(14-12-18)36-28-23(29-26(32)20-9-5-6-10-21(20)27(29)33)24(31)25(22(15-30)37-28)35-16-17-7-3-2-4-8-17/h2-14,22-25,28,30-31H,15-16H2,1H3/t22-,23-,24-,25-,28-/m1/s1. The van der Waals surface area contributed by atoms with Gasteiger partial charge in [-0.05, 0) is 42.0 Å². The van der Waals surface area contributed by atoms with Gasteiger partial charge in [-0.25, -0.2) is 0 Å². The minimum absolute atomic E-state index is 0.126. The molecule has 1 fully saturated rings. The van der Waals surface area contributed by atoms with Gasteiger partial charge in [-0.1, -0.05) is 42.5 Å². The normalized spacial score (nSPS) is 25.2. The molecule has 0 saturated carbocycles. The Morgan fingerprint density at radius 1 is 0.865 bits per heavy atom. The van der Waals surface area contributed by atoms with Gasteiger partial charge in [0.25, 0.3) is 11.8 Å². The zero-order valence-electron chi connectivity index (χ0n) is 20.1. The van der Waals surface area contributed by atoms with Crippen molar-refractivity contribution in [2.24, 2.45) is 0 Å². The highest BCUT2D eigenvalue weighted by molar-refractivity contribution is 6.21. The monoisotopic (exact) mass is 505 g/mol. The number of hydrogen-bond donors (Lipinski definition) is 2. The average molecular weight is 506 g/mol. The van der Waals surface area contributed by atoms with Gasteiger partial charge in [0.15, 0.2) is 0 Å². The van der Waals surface area contributed by atoms with Crippen LogP contribution in [0.4, 0.5) is 0 Å². The van der Waals surface area contributed by atoms with Crippen LogP contribution in [0.3, 0.4) is 0 Å². The van der Waals surface area contributed by atoms with Crippen LogP contribution in [0.5, 0.6) is 11.5 Å². The number of benzene rings is 3. The number of carbonyl (C=O) groups is 2. The number of rotatable bonds is 8. The van der Waals surface area contributed by atoms with E-state index in [0.717, 1.165) is 10.5 Å². The Labute approximate surface area is 213 Å². The lowest BCUT2D eigenvalue weighted by molar-refractivity contribution is -0.266. The molecule has 2 heterocycles. The summed E-state index contributed by atoms with van der Waals surface area (Å²) in [6, 6.07) is 21.2. The SMILES string of the molecule is COc1ccc(O[C@@H]2O[C@H](CO)[C@@H](OCc3ccccc3)[C@H](O)[C@H]2N2C(=O)c3ccccc3C2=O)cc1. The zero-order valence-corrected chi connectivity index (χ0v) is 20.1. The maximum atomic E-state index is 13.3. The van der Waals surface area contributed by atoms with Crippen LogP contribution >= 0.6 is 0 Å². The van der Waals surface area contributed by atoms with E-state index in [1.54, 1.807) is 48.5 Å². The van der Waals surface area contributed by atoms with Crippen molar-refractivity contribution < 1.29 is 38.7 Å². The molecule has 37 heavy (non-hydrogen) atoms. The molecule has 0 unspecified atom stereocenters. The first kappa shape index (κ1) is 24.9. The van der Waals surface area contributed by atoms with E-state index in [2.05, 4.69) is 0 Å². The number of aliphatic hydroxyl groups excluding tert-OH is 2. The molecule has 2 aliphatic heterocycles. The van der Waals surface area contributed by atoms with Crippen molar-refractivity contribution >= 4 is 11.8 Å². The van der Waals surface area contributed by atoms with Crippen molar-refractivity contribution in [3.63, 3.8) is 0 Å². The molecule has 192 valence electrons. The third-order valence-electron chi connectivity index (χ3n) is 6.54. The average Bonchev–Trinajstić information content (AvgIpc) is 3.18. The first-order valence-electron chi connectivity index (χ1n) is 11.9. The lowest BCUT2D eigenvalue weighted by Gasteiger charge is -2.46. The number of hydrogen-bond acceptors (Lipinski definition) is 8. The van der Waals surface area contributed by atoms with Gasteiger partial charge in [0.1, 0.15) is 35.9 Å². The molecule has 0 spiro atoms. The molecular formula is C28H27NO8. The topological polar surface area (TPSA) is 115 Å². The summed E-state index contributed by atoms with van der Waals surface area (Å²) in [5.74, 6) is -0.168. The van der Waals surface area contributed by atoms with Crippen LogP contribution in [0.25, 0.3) is 0 Å². The smallest absolute Gasteiger partial charge is 0.262 e. The van der Waals surface area contributed by atoms with Gasteiger partial charge in [0.05, 0.1) is 31.5 Å². The van der Waals surface area contributed by atoms with E-state index >= 15 is 0 Å². The molecule has 2 aliphatic rings. The molecule has 0 bridgehead atoms. The summed E-state index contributed by atoms with van der Waals surface area (Å²) < 4.78 is 23.3. The summed E-state index contributed by atoms with van der Waals surface area (Å²) in [5.41, 5.74) is 1.31. The highest BCUT2D eigenvalue weighted by atomic mass is 16.7. The van der Waals surface area contributed by atoms with Crippen molar-refractivity contribution in [3.8, 4) is 11.5 Å². The van der Waals surface area contributed by atoms with Crippen molar-refractivity contribution in [1.29, 1.82) is 0 Å². The maximum Gasteiger partial charge on any atom is 0.262 e. The largest absolute Gasteiger partial charge is 0.497 e. The van der Waals surface area contributed by atoms with Crippen LogP contribution in [0, 0.1) is 0 Å². The van der Waals surface area contributed by atoms with Gasteiger partial charge in [0, 0.05) is 0 Å². The second-order valence-corrected chi connectivity index (χ2v) is 8.79. The number of ether oxygens (including phenoxy) is 4. The van der Waals surface area contributed by atoms with E-state index in [9.17, 15) is 19.8 Å². The molecule has 9 nitrogen and oxygen atoms in total. The highest BCUT2D eigenvalue weighted by Crippen LogP contribution is 2.34. The Balaban J connectivity index is 1.47. The molecule has 2 N–H and O–H groups in total. The summed E-state index contributed by atoms with van der Waals surface area (Å²) in [6.07, 6.45) is -4.72. The predicted molar refractivity (Wildman–Crippen MR) is 131 cm³/mol. The molecule has 1 saturated heterocycles. The number of imide groups is 1. The van der Waals surface area contributed by atoms with Crippen LogP contribution in [0.1, 0.15) is 26.3 Å². The molecule has 0 aliphatic carbocycles. The molecule has 9 heteroatoms. The number of methoxy groups -OCH3 is 1. The number of amides is 2. The number of nitrogens with zero attached hydrogens (tertiary/aromatic N) is 1. The highest BCUT2D eigenvalue weighted by Gasteiger charge is 2.54. The Morgan fingerprint density at radius 2 is 1.46 bits per heavy atom. The van der Waals surface area contributed by atoms with E-state index in [1.807, 2.05) is 30.3 Å². The summed E-state index contributed by atoms with van der Waals surface area (Å²) in [7, 11) is 1.54. The van der Waals surface area contributed by atoms with E-state index in [1.165, 1.54) is 7.11 Å². The molecule has 0 aromatic heterocycles. The molecule has 3 aromatic carbocycles. The quantitative estimate of drug-likeness (QED) is 0.449. The first-order chi connectivity index (χ1) is 18.0. The lowest BCUT2D eigenvalue weighted by Crippen LogP contribution is -2.67. The lowest BCUT2D eigenvalue weighted by atomic mass is 9.95.